The molecule has 0 aromatic carbocycles. The van der Waals surface area contributed by atoms with Crippen LogP contribution < -0.4 is 5.32 Å². The van der Waals surface area contributed by atoms with Crippen LogP contribution in [0.5, 0.6) is 0 Å². The van der Waals surface area contributed by atoms with Gasteiger partial charge in [-0.2, -0.15) is 0 Å². The van der Waals surface area contributed by atoms with Crippen LogP contribution in [0, 0.1) is 12.3 Å². The van der Waals surface area contributed by atoms with Gasteiger partial charge in [-0.15, -0.1) is 23.7 Å². The number of halogens is 1. The highest BCUT2D eigenvalue weighted by molar-refractivity contribution is 7.16. The van der Waals surface area contributed by atoms with Crippen LogP contribution in [-0.4, -0.2) is 6.04 Å². The van der Waals surface area contributed by atoms with Crippen LogP contribution in [0.1, 0.15) is 24.6 Å². The zero-order valence-corrected chi connectivity index (χ0v) is 9.79. The standard InChI is InChI=1S/C11H14ClNS/c1-3-5-9(4-2)13-8-10-6-7-11(12)14-10/h1,6-7,9,13H,4-5,8H2,2H3. The molecule has 0 saturated heterocycles. The fourth-order valence-corrected chi connectivity index (χ4v) is 2.23. The van der Waals surface area contributed by atoms with Gasteiger partial charge in [0.05, 0.1) is 4.34 Å². The summed E-state index contributed by atoms with van der Waals surface area (Å²) in [6.07, 6.45) is 7.12. The Balaban J connectivity index is 2.36. The fraction of sp³-hybridized carbons (Fsp3) is 0.455. The molecule has 1 nitrogen and oxygen atoms in total. The molecule has 0 aliphatic heterocycles. The highest BCUT2D eigenvalue weighted by Crippen LogP contribution is 2.21. The Morgan fingerprint density at radius 2 is 2.43 bits per heavy atom. The molecule has 0 spiro atoms. The van der Waals surface area contributed by atoms with Crippen molar-refractivity contribution in [2.45, 2.75) is 32.4 Å². The van der Waals surface area contributed by atoms with Gasteiger partial charge in [0.1, 0.15) is 0 Å². The second kappa shape index (κ2) is 6.08. The van der Waals surface area contributed by atoms with Crippen molar-refractivity contribution >= 4 is 22.9 Å². The summed E-state index contributed by atoms with van der Waals surface area (Å²) < 4.78 is 0.840. The zero-order valence-electron chi connectivity index (χ0n) is 8.22. The first-order valence-electron chi connectivity index (χ1n) is 4.67. The van der Waals surface area contributed by atoms with Crippen molar-refractivity contribution in [1.29, 1.82) is 0 Å². The van der Waals surface area contributed by atoms with E-state index in [2.05, 4.69) is 18.2 Å². The summed E-state index contributed by atoms with van der Waals surface area (Å²) in [5.41, 5.74) is 0. The van der Waals surface area contributed by atoms with E-state index in [9.17, 15) is 0 Å². The van der Waals surface area contributed by atoms with Crippen LogP contribution >= 0.6 is 22.9 Å². The molecule has 1 heterocycles. The van der Waals surface area contributed by atoms with Crippen LogP contribution in [0.4, 0.5) is 0 Å². The van der Waals surface area contributed by atoms with Gasteiger partial charge in [0.2, 0.25) is 0 Å². The minimum absolute atomic E-state index is 0.417. The van der Waals surface area contributed by atoms with Crippen LogP contribution in [0.15, 0.2) is 12.1 Å². The predicted octanol–water partition coefficient (Wildman–Crippen LogP) is 3.29. The third-order valence-corrected chi connectivity index (χ3v) is 3.28. The number of nitrogens with one attached hydrogen (secondary N) is 1. The molecule has 0 saturated carbocycles. The Morgan fingerprint density at radius 1 is 1.64 bits per heavy atom. The van der Waals surface area contributed by atoms with Crippen LogP contribution in [0.2, 0.25) is 4.34 Å². The zero-order chi connectivity index (χ0) is 10.4. The topological polar surface area (TPSA) is 12.0 Å². The molecule has 1 aromatic rings. The van der Waals surface area contributed by atoms with Crippen molar-refractivity contribution < 1.29 is 0 Å². The van der Waals surface area contributed by atoms with Crippen molar-refractivity contribution in [2.24, 2.45) is 0 Å². The SMILES string of the molecule is C#CCC(CC)NCc1ccc(Cl)s1. The van der Waals surface area contributed by atoms with Gasteiger partial charge in [0.15, 0.2) is 0 Å². The van der Waals surface area contributed by atoms with Gasteiger partial charge in [0.25, 0.3) is 0 Å². The van der Waals surface area contributed by atoms with Gasteiger partial charge >= 0.3 is 0 Å². The van der Waals surface area contributed by atoms with Crippen molar-refractivity contribution in [3.8, 4) is 12.3 Å². The molecule has 0 radical (unpaired) electrons. The molecule has 1 unspecified atom stereocenters. The molecule has 1 aromatic heterocycles. The molecule has 0 aliphatic carbocycles. The number of terminal acetylenes is 1. The summed E-state index contributed by atoms with van der Waals surface area (Å²) >= 11 is 7.44. The van der Waals surface area contributed by atoms with Crippen LogP contribution in [-0.2, 0) is 6.54 Å². The molecule has 1 N–H and O–H groups in total. The van der Waals surface area contributed by atoms with E-state index >= 15 is 0 Å². The first-order valence-corrected chi connectivity index (χ1v) is 5.86. The average molecular weight is 228 g/mol. The number of hydrogen-bond donors (Lipinski definition) is 1. The average Bonchev–Trinajstić information content (AvgIpc) is 2.59. The Labute approximate surface area is 94.5 Å². The molecule has 1 rings (SSSR count). The number of thiophene rings is 1. The maximum absolute atomic E-state index is 5.83. The van der Waals surface area contributed by atoms with E-state index in [-0.39, 0.29) is 0 Å². The third kappa shape index (κ3) is 3.71. The van der Waals surface area contributed by atoms with Crippen molar-refractivity contribution in [2.75, 3.05) is 0 Å². The third-order valence-electron chi connectivity index (χ3n) is 2.05. The Morgan fingerprint density at radius 3 is 2.93 bits per heavy atom. The molecule has 14 heavy (non-hydrogen) atoms. The maximum Gasteiger partial charge on any atom is 0.0931 e. The highest BCUT2D eigenvalue weighted by atomic mass is 35.5. The van der Waals surface area contributed by atoms with E-state index in [1.54, 1.807) is 11.3 Å². The van der Waals surface area contributed by atoms with Gasteiger partial charge in [-0.1, -0.05) is 18.5 Å². The summed E-state index contributed by atoms with van der Waals surface area (Å²) in [6.45, 7) is 2.99. The summed E-state index contributed by atoms with van der Waals surface area (Å²) in [5.74, 6) is 2.68. The molecule has 0 fully saturated rings. The minimum Gasteiger partial charge on any atom is -0.308 e. The molecule has 0 amide bonds. The van der Waals surface area contributed by atoms with Gasteiger partial charge in [0, 0.05) is 23.9 Å². The van der Waals surface area contributed by atoms with Crippen molar-refractivity contribution in [1.82, 2.24) is 5.32 Å². The lowest BCUT2D eigenvalue weighted by Crippen LogP contribution is -2.26. The lowest BCUT2D eigenvalue weighted by atomic mass is 10.1. The largest absolute Gasteiger partial charge is 0.308 e. The summed E-state index contributed by atoms with van der Waals surface area (Å²) in [4.78, 5) is 1.26. The van der Waals surface area contributed by atoms with E-state index < -0.39 is 0 Å². The Hall–Kier alpha value is -0.490. The maximum atomic E-state index is 5.83. The fourth-order valence-electron chi connectivity index (χ4n) is 1.19. The Kier molecular flexibility index (Phi) is 5.03. The van der Waals surface area contributed by atoms with Crippen molar-refractivity contribution in [3.63, 3.8) is 0 Å². The number of hydrogen-bond acceptors (Lipinski definition) is 2. The molecular formula is C11H14ClNS. The van der Waals surface area contributed by atoms with Gasteiger partial charge < -0.3 is 5.32 Å². The van der Waals surface area contributed by atoms with E-state index in [0.29, 0.717) is 6.04 Å². The highest BCUT2D eigenvalue weighted by Gasteiger charge is 2.04. The minimum atomic E-state index is 0.417. The molecule has 3 heteroatoms. The van der Waals surface area contributed by atoms with Crippen LogP contribution in [0.25, 0.3) is 0 Å². The van der Waals surface area contributed by atoms with Gasteiger partial charge in [-0.05, 0) is 18.6 Å². The first-order chi connectivity index (χ1) is 6.76. The van der Waals surface area contributed by atoms with E-state index in [4.69, 9.17) is 18.0 Å². The smallest absolute Gasteiger partial charge is 0.0931 e. The molecule has 1 atom stereocenters. The lowest BCUT2D eigenvalue weighted by Gasteiger charge is -2.12. The normalized spacial score (nSPS) is 12.4. The van der Waals surface area contributed by atoms with Gasteiger partial charge in [-0.3, -0.25) is 0 Å². The van der Waals surface area contributed by atoms with E-state index in [1.807, 2.05) is 12.1 Å². The van der Waals surface area contributed by atoms with Crippen molar-refractivity contribution in [3.05, 3.63) is 21.3 Å². The summed E-state index contributed by atoms with van der Waals surface area (Å²) in [6, 6.07) is 4.38. The molecule has 0 aliphatic rings. The second-order valence-corrected chi connectivity index (χ2v) is 4.90. The first kappa shape index (κ1) is 11.6. The molecule has 0 bridgehead atoms. The molecular weight excluding hydrogens is 214 g/mol. The predicted molar refractivity (Wildman–Crippen MR) is 63.7 cm³/mol. The number of rotatable bonds is 5. The Bertz CT molecular complexity index is 313. The van der Waals surface area contributed by atoms with Crippen LogP contribution in [0.3, 0.4) is 0 Å². The van der Waals surface area contributed by atoms with E-state index in [0.717, 1.165) is 23.7 Å². The quantitative estimate of drug-likeness (QED) is 0.762. The second-order valence-electron chi connectivity index (χ2n) is 3.10. The monoisotopic (exact) mass is 227 g/mol. The van der Waals surface area contributed by atoms with E-state index in [1.165, 1.54) is 4.88 Å². The summed E-state index contributed by atoms with van der Waals surface area (Å²) in [5, 5.41) is 3.41. The summed E-state index contributed by atoms with van der Waals surface area (Å²) in [7, 11) is 0. The lowest BCUT2D eigenvalue weighted by molar-refractivity contribution is 0.509. The molecule has 76 valence electrons. The van der Waals surface area contributed by atoms with Gasteiger partial charge in [-0.25, -0.2) is 0 Å².